The number of benzene rings is 3. The number of rotatable bonds is 15. The fourth-order valence-corrected chi connectivity index (χ4v) is 7.89. The quantitative estimate of drug-likeness (QED) is 0.0922. The Morgan fingerprint density at radius 3 is 2.24 bits per heavy atom. The Kier molecular flexibility index (Phi) is 11.6. The Labute approximate surface area is 299 Å². The number of fused-ring (bicyclic) bond motifs is 1. The Hall–Kier alpha value is -4.94. The highest BCUT2D eigenvalue weighted by Crippen LogP contribution is 2.42. The number of esters is 1. The van der Waals surface area contributed by atoms with Crippen molar-refractivity contribution in [1.82, 2.24) is 15.2 Å². The van der Waals surface area contributed by atoms with Crippen molar-refractivity contribution in [2.24, 2.45) is 0 Å². The van der Waals surface area contributed by atoms with Crippen molar-refractivity contribution >= 4 is 41.3 Å². The average Bonchev–Trinajstić information content (AvgIpc) is 3.16. The van der Waals surface area contributed by atoms with Crippen LogP contribution in [0.4, 0.5) is 0 Å². The largest absolute Gasteiger partial charge is 0.497 e. The van der Waals surface area contributed by atoms with Crippen LogP contribution in [0.15, 0.2) is 113 Å². The van der Waals surface area contributed by atoms with E-state index in [0.29, 0.717) is 36.0 Å². The minimum absolute atomic E-state index is 0.0360. The van der Waals surface area contributed by atoms with Crippen LogP contribution in [-0.2, 0) is 38.8 Å². The second-order valence-electron chi connectivity index (χ2n) is 11.5. The van der Waals surface area contributed by atoms with Crippen LogP contribution in [-0.4, -0.2) is 64.8 Å². The molecule has 0 saturated carbocycles. The molecular weight excluding hydrogens is 675 g/mol. The minimum Gasteiger partial charge on any atom is -0.497 e. The van der Waals surface area contributed by atoms with Crippen molar-refractivity contribution in [2.75, 3.05) is 25.7 Å². The number of carbonyl (C=O) groups is 3. The first kappa shape index (κ1) is 34.9. The van der Waals surface area contributed by atoms with Gasteiger partial charge in [-0.05, 0) is 65.1 Å². The van der Waals surface area contributed by atoms with Crippen molar-refractivity contribution in [1.29, 1.82) is 0 Å². The number of nitrogens with one attached hydrogen (secondary N) is 1. The van der Waals surface area contributed by atoms with Crippen LogP contribution < -0.4 is 19.5 Å². The van der Waals surface area contributed by atoms with Crippen LogP contribution >= 0.6 is 23.5 Å². The third-order valence-corrected chi connectivity index (χ3v) is 10.6. The lowest BCUT2D eigenvalue weighted by Gasteiger charge is -2.49. The summed E-state index contributed by atoms with van der Waals surface area (Å²) in [7, 11) is 3.22. The number of β-lactam (4-membered cyclic amide) rings is 1. The SMILES string of the molecule is COc1ccc(COC(=O)C2=C(CCSc3ncccc3OCc3ccc(OC)cc3)CS[C@@H]3[C@H](NC(=O)Cc4ccccc4)C(=O)N23)cc1. The van der Waals surface area contributed by atoms with Gasteiger partial charge in [0.05, 0.1) is 20.6 Å². The van der Waals surface area contributed by atoms with Crippen molar-refractivity contribution in [3.63, 3.8) is 0 Å². The molecule has 0 unspecified atom stereocenters. The van der Waals surface area contributed by atoms with Crippen molar-refractivity contribution < 1.29 is 33.3 Å². The average molecular weight is 712 g/mol. The molecule has 258 valence electrons. The first-order valence-corrected chi connectivity index (χ1v) is 18.1. The van der Waals surface area contributed by atoms with Gasteiger partial charge in [0, 0.05) is 17.7 Å². The number of ether oxygens (including phenoxy) is 4. The highest BCUT2D eigenvalue weighted by atomic mass is 32.2. The summed E-state index contributed by atoms with van der Waals surface area (Å²) in [5.74, 6) is 2.08. The van der Waals surface area contributed by atoms with Crippen LogP contribution in [0.25, 0.3) is 0 Å². The molecule has 2 aliphatic rings. The molecule has 1 N–H and O–H groups in total. The number of carbonyl (C=O) groups excluding carboxylic acids is 3. The van der Waals surface area contributed by atoms with Gasteiger partial charge in [-0.3, -0.25) is 14.5 Å². The number of amides is 2. The molecule has 2 amide bonds. The second kappa shape index (κ2) is 16.6. The zero-order valence-corrected chi connectivity index (χ0v) is 29.3. The number of aromatic nitrogens is 1. The fraction of sp³-hybridized carbons (Fsp3) is 0.263. The van der Waals surface area contributed by atoms with Crippen LogP contribution in [0.3, 0.4) is 0 Å². The van der Waals surface area contributed by atoms with Crippen molar-refractivity contribution in [3.8, 4) is 17.2 Å². The lowest BCUT2D eigenvalue weighted by atomic mass is 10.0. The first-order valence-electron chi connectivity index (χ1n) is 16.1. The fourth-order valence-electron chi connectivity index (χ4n) is 5.56. The first-order chi connectivity index (χ1) is 24.4. The maximum Gasteiger partial charge on any atom is 0.355 e. The predicted octanol–water partition coefficient (Wildman–Crippen LogP) is 5.80. The van der Waals surface area contributed by atoms with Crippen LogP contribution in [0.1, 0.15) is 23.1 Å². The third kappa shape index (κ3) is 8.43. The lowest BCUT2D eigenvalue weighted by molar-refractivity contribution is -0.153. The summed E-state index contributed by atoms with van der Waals surface area (Å²) in [6.45, 7) is 0.408. The predicted molar refractivity (Wildman–Crippen MR) is 192 cm³/mol. The number of hydrogen-bond acceptors (Lipinski definition) is 10. The summed E-state index contributed by atoms with van der Waals surface area (Å²) >= 11 is 3.05. The van der Waals surface area contributed by atoms with E-state index in [-0.39, 0.29) is 30.5 Å². The molecule has 12 heteroatoms. The smallest absolute Gasteiger partial charge is 0.355 e. The van der Waals surface area contributed by atoms with Gasteiger partial charge < -0.3 is 24.3 Å². The summed E-state index contributed by atoms with van der Waals surface area (Å²) in [4.78, 5) is 46.2. The van der Waals surface area contributed by atoms with Crippen LogP contribution in [0, 0.1) is 0 Å². The van der Waals surface area contributed by atoms with E-state index in [4.69, 9.17) is 18.9 Å². The van der Waals surface area contributed by atoms with E-state index in [1.165, 1.54) is 28.4 Å². The standard InChI is InChI=1S/C38H37N3O7S2/c1-45-29-14-10-26(11-15-29)22-47-31-9-6-19-39-35(31)49-20-18-28-24-50-37-33(40-32(42)21-25-7-4-3-5-8-25)36(43)41(37)34(28)38(44)48-23-27-12-16-30(46-2)17-13-27/h3-17,19,33,37H,18,20-24H2,1-2H3,(H,40,42)/t33-,37-/m1/s1. The van der Waals surface area contributed by atoms with E-state index in [1.807, 2.05) is 78.9 Å². The molecule has 4 aromatic rings. The Bertz CT molecular complexity index is 1840. The maximum absolute atomic E-state index is 13.7. The summed E-state index contributed by atoms with van der Waals surface area (Å²) in [6.07, 6.45) is 2.40. The maximum atomic E-state index is 13.7. The van der Waals surface area contributed by atoms with E-state index in [0.717, 1.165) is 33.0 Å². The van der Waals surface area contributed by atoms with Gasteiger partial charge in [0.1, 0.15) is 46.9 Å². The molecule has 2 aliphatic heterocycles. The summed E-state index contributed by atoms with van der Waals surface area (Å²) in [5.41, 5.74) is 3.69. The molecule has 0 bridgehead atoms. The van der Waals surface area contributed by atoms with Gasteiger partial charge in [-0.1, -0.05) is 54.6 Å². The van der Waals surface area contributed by atoms with Gasteiger partial charge in [0.15, 0.2) is 5.75 Å². The molecule has 3 heterocycles. The van der Waals surface area contributed by atoms with Gasteiger partial charge in [-0.25, -0.2) is 9.78 Å². The molecule has 0 aliphatic carbocycles. The number of nitrogens with zero attached hydrogens (tertiary/aromatic N) is 2. The molecule has 2 atom stereocenters. The highest BCUT2D eigenvalue weighted by Gasteiger charge is 2.54. The van der Waals surface area contributed by atoms with E-state index >= 15 is 0 Å². The van der Waals surface area contributed by atoms with Crippen LogP contribution in [0.5, 0.6) is 17.2 Å². The molecule has 10 nitrogen and oxygen atoms in total. The second-order valence-corrected chi connectivity index (χ2v) is 13.7. The Morgan fingerprint density at radius 1 is 0.880 bits per heavy atom. The van der Waals surface area contributed by atoms with Crippen molar-refractivity contribution in [3.05, 3.63) is 125 Å². The Balaban J connectivity index is 1.14. The Morgan fingerprint density at radius 2 is 1.56 bits per heavy atom. The molecule has 6 rings (SSSR count). The summed E-state index contributed by atoms with van der Waals surface area (Å²) in [6, 6.07) is 27.3. The molecule has 3 aromatic carbocycles. The number of pyridine rings is 1. The zero-order valence-electron chi connectivity index (χ0n) is 27.7. The van der Waals surface area contributed by atoms with Gasteiger partial charge in [0.25, 0.3) is 5.91 Å². The van der Waals surface area contributed by atoms with Crippen LogP contribution in [0.2, 0.25) is 0 Å². The molecule has 1 aromatic heterocycles. The molecular formula is C38H37N3O7S2. The number of thioether (sulfide) groups is 2. The van der Waals surface area contributed by atoms with E-state index < -0.39 is 17.4 Å². The third-order valence-electron chi connectivity index (χ3n) is 8.23. The molecule has 0 radical (unpaired) electrons. The van der Waals surface area contributed by atoms with E-state index in [1.54, 1.807) is 32.5 Å². The molecule has 1 fully saturated rings. The van der Waals surface area contributed by atoms with E-state index in [9.17, 15) is 14.4 Å². The molecule has 0 spiro atoms. The molecule has 50 heavy (non-hydrogen) atoms. The van der Waals surface area contributed by atoms with Gasteiger partial charge >= 0.3 is 5.97 Å². The van der Waals surface area contributed by atoms with Gasteiger partial charge in [-0.15, -0.1) is 23.5 Å². The summed E-state index contributed by atoms with van der Waals surface area (Å²) < 4.78 is 22.3. The normalized spacial score (nSPS) is 16.6. The highest BCUT2D eigenvalue weighted by molar-refractivity contribution is 8.00. The zero-order chi connectivity index (χ0) is 34.9. The van der Waals surface area contributed by atoms with Crippen molar-refractivity contribution in [2.45, 2.75) is 42.5 Å². The minimum atomic E-state index is -0.726. The summed E-state index contributed by atoms with van der Waals surface area (Å²) in [5, 5.41) is 3.21. The van der Waals surface area contributed by atoms with Gasteiger partial charge in [0.2, 0.25) is 5.91 Å². The molecule has 1 saturated heterocycles. The lowest BCUT2D eigenvalue weighted by Crippen LogP contribution is -2.70. The van der Waals surface area contributed by atoms with Gasteiger partial charge in [-0.2, -0.15) is 0 Å². The number of methoxy groups -OCH3 is 2. The topological polar surface area (TPSA) is 116 Å². The monoisotopic (exact) mass is 711 g/mol. The number of hydrogen-bond donors (Lipinski definition) is 1. The van der Waals surface area contributed by atoms with E-state index in [2.05, 4.69) is 10.3 Å².